The standard InChI is InChI=1S/C27H21NO5/c1-16-7-14-22(33-16)24-23(25(29)19-9-8-17-5-3-4-6-18(17)15-19)26(30)27(31)28(24)20-10-12-21(32-2)13-11-20/h3-15,24,29H,1-2H3/b25-23-. The van der Waals surface area contributed by atoms with E-state index in [2.05, 4.69) is 0 Å². The summed E-state index contributed by atoms with van der Waals surface area (Å²) in [5.74, 6) is -0.0935. The normalized spacial score (nSPS) is 17.6. The lowest BCUT2D eigenvalue weighted by Gasteiger charge is -2.23. The molecule has 1 unspecified atom stereocenters. The first-order valence-electron chi connectivity index (χ1n) is 10.5. The number of hydrogen-bond acceptors (Lipinski definition) is 5. The van der Waals surface area contributed by atoms with Crippen molar-refractivity contribution in [1.29, 1.82) is 0 Å². The fourth-order valence-electron chi connectivity index (χ4n) is 4.20. The van der Waals surface area contributed by atoms with Crippen molar-refractivity contribution >= 4 is 33.9 Å². The molecule has 0 radical (unpaired) electrons. The Labute approximate surface area is 190 Å². The molecule has 1 aliphatic heterocycles. The molecular weight excluding hydrogens is 418 g/mol. The fraction of sp³-hybridized carbons (Fsp3) is 0.111. The Hall–Kier alpha value is -4.32. The van der Waals surface area contributed by atoms with Gasteiger partial charge in [-0.1, -0.05) is 36.4 Å². The third-order valence-electron chi connectivity index (χ3n) is 5.85. The van der Waals surface area contributed by atoms with E-state index in [0.29, 0.717) is 28.5 Å². The largest absolute Gasteiger partial charge is 0.507 e. The van der Waals surface area contributed by atoms with Crippen LogP contribution >= 0.6 is 0 Å². The molecule has 1 atom stereocenters. The van der Waals surface area contributed by atoms with Crippen LogP contribution in [-0.2, 0) is 9.59 Å². The van der Waals surface area contributed by atoms with E-state index in [1.807, 2.05) is 30.3 Å². The second kappa shape index (κ2) is 7.98. The molecule has 0 aliphatic carbocycles. The number of methoxy groups -OCH3 is 1. The number of amides is 1. The Kier molecular flexibility index (Phi) is 4.98. The zero-order valence-corrected chi connectivity index (χ0v) is 18.1. The number of aliphatic hydroxyl groups excluding tert-OH is 1. The van der Waals surface area contributed by atoms with Gasteiger partial charge in [0.1, 0.15) is 29.1 Å². The number of aliphatic hydroxyl groups is 1. The third-order valence-corrected chi connectivity index (χ3v) is 5.85. The highest BCUT2D eigenvalue weighted by Crippen LogP contribution is 2.43. The van der Waals surface area contributed by atoms with Crippen molar-refractivity contribution in [2.45, 2.75) is 13.0 Å². The van der Waals surface area contributed by atoms with Crippen LogP contribution in [0.2, 0.25) is 0 Å². The highest BCUT2D eigenvalue weighted by Gasteiger charge is 2.48. The average molecular weight is 439 g/mol. The number of ketones is 1. The SMILES string of the molecule is COc1ccc(N2C(=O)C(=O)/C(=C(\O)c3ccc4ccccc4c3)C2c2ccc(C)o2)cc1. The van der Waals surface area contributed by atoms with Gasteiger partial charge in [-0.3, -0.25) is 14.5 Å². The quantitative estimate of drug-likeness (QED) is 0.262. The van der Waals surface area contributed by atoms with E-state index in [4.69, 9.17) is 9.15 Å². The van der Waals surface area contributed by atoms with Gasteiger partial charge in [0.25, 0.3) is 11.7 Å². The molecular formula is C27H21NO5. The van der Waals surface area contributed by atoms with Crippen LogP contribution in [-0.4, -0.2) is 23.9 Å². The number of carbonyl (C=O) groups excluding carboxylic acids is 2. The topological polar surface area (TPSA) is 80.0 Å². The van der Waals surface area contributed by atoms with Gasteiger partial charge in [0.15, 0.2) is 0 Å². The molecule has 1 N–H and O–H groups in total. The molecule has 6 heteroatoms. The maximum Gasteiger partial charge on any atom is 0.300 e. The molecule has 3 aromatic carbocycles. The number of anilines is 1. The Balaban J connectivity index is 1.70. The molecule has 33 heavy (non-hydrogen) atoms. The first-order chi connectivity index (χ1) is 16.0. The number of nitrogens with zero attached hydrogens (tertiary/aromatic N) is 1. The van der Waals surface area contributed by atoms with Crippen molar-refractivity contribution in [1.82, 2.24) is 0 Å². The first-order valence-corrected chi connectivity index (χ1v) is 10.5. The van der Waals surface area contributed by atoms with Crippen LogP contribution in [0.4, 0.5) is 5.69 Å². The Morgan fingerprint density at radius 1 is 0.939 bits per heavy atom. The Morgan fingerprint density at radius 3 is 2.33 bits per heavy atom. The minimum atomic E-state index is -0.904. The molecule has 164 valence electrons. The van der Waals surface area contributed by atoms with Gasteiger partial charge >= 0.3 is 0 Å². The molecule has 1 amide bonds. The molecule has 6 nitrogen and oxygen atoms in total. The van der Waals surface area contributed by atoms with Crippen LogP contribution in [0, 0.1) is 6.92 Å². The lowest BCUT2D eigenvalue weighted by molar-refractivity contribution is -0.132. The second-order valence-corrected chi connectivity index (χ2v) is 7.88. The number of Topliss-reactive ketones (excluding diaryl/α,β-unsaturated/α-hetero) is 1. The first kappa shape index (κ1) is 20.6. The lowest BCUT2D eigenvalue weighted by atomic mass is 9.97. The average Bonchev–Trinajstić information content (AvgIpc) is 3.39. The van der Waals surface area contributed by atoms with E-state index in [1.165, 1.54) is 4.90 Å². The summed E-state index contributed by atoms with van der Waals surface area (Å²) in [6.07, 6.45) is 0. The summed E-state index contributed by atoms with van der Waals surface area (Å²) in [5.41, 5.74) is 0.935. The van der Waals surface area contributed by atoms with Gasteiger partial charge in [-0.15, -0.1) is 0 Å². The predicted molar refractivity (Wildman–Crippen MR) is 125 cm³/mol. The van der Waals surface area contributed by atoms with Crippen molar-refractivity contribution in [2.24, 2.45) is 0 Å². The van der Waals surface area contributed by atoms with Crippen LogP contribution in [0.5, 0.6) is 5.75 Å². The fourth-order valence-corrected chi connectivity index (χ4v) is 4.20. The van der Waals surface area contributed by atoms with Gasteiger partial charge in [0.05, 0.1) is 12.7 Å². The second-order valence-electron chi connectivity index (χ2n) is 7.88. The molecule has 0 saturated carbocycles. The van der Waals surface area contributed by atoms with E-state index in [1.54, 1.807) is 62.6 Å². The van der Waals surface area contributed by atoms with Crippen molar-refractivity contribution in [2.75, 3.05) is 12.0 Å². The van der Waals surface area contributed by atoms with Crippen LogP contribution in [0.1, 0.15) is 23.1 Å². The zero-order chi connectivity index (χ0) is 23.1. The molecule has 1 saturated heterocycles. The summed E-state index contributed by atoms with van der Waals surface area (Å²) < 4.78 is 11.0. The van der Waals surface area contributed by atoms with Gasteiger partial charge in [-0.2, -0.15) is 0 Å². The minimum Gasteiger partial charge on any atom is -0.507 e. The summed E-state index contributed by atoms with van der Waals surface area (Å²) >= 11 is 0. The van der Waals surface area contributed by atoms with Gasteiger partial charge in [0.2, 0.25) is 0 Å². The number of carbonyl (C=O) groups is 2. The maximum absolute atomic E-state index is 13.2. The Bertz CT molecular complexity index is 1410. The molecule has 5 rings (SSSR count). The summed E-state index contributed by atoms with van der Waals surface area (Å²) in [6, 6.07) is 22.5. The van der Waals surface area contributed by atoms with Crippen LogP contribution in [0.25, 0.3) is 16.5 Å². The smallest absolute Gasteiger partial charge is 0.300 e. The summed E-state index contributed by atoms with van der Waals surface area (Å²) in [7, 11) is 1.55. The lowest BCUT2D eigenvalue weighted by Crippen LogP contribution is -2.29. The number of ether oxygens (including phenoxy) is 1. The predicted octanol–water partition coefficient (Wildman–Crippen LogP) is 5.38. The number of benzene rings is 3. The van der Waals surface area contributed by atoms with Gasteiger partial charge in [0, 0.05) is 11.3 Å². The van der Waals surface area contributed by atoms with Crippen molar-refractivity contribution in [3.63, 3.8) is 0 Å². The molecule has 1 aliphatic rings. The van der Waals surface area contributed by atoms with E-state index in [0.717, 1.165) is 10.8 Å². The highest BCUT2D eigenvalue weighted by atomic mass is 16.5. The van der Waals surface area contributed by atoms with Gasteiger partial charge < -0.3 is 14.3 Å². The van der Waals surface area contributed by atoms with Crippen LogP contribution < -0.4 is 9.64 Å². The third kappa shape index (κ3) is 3.46. The zero-order valence-electron chi connectivity index (χ0n) is 18.1. The number of aryl methyl sites for hydroxylation is 1. The number of rotatable bonds is 4. The van der Waals surface area contributed by atoms with Crippen molar-refractivity contribution in [3.8, 4) is 5.75 Å². The molecule has 4 aromatic rings. The number of fused-ring (bicyclic) bond motifs is 1. The van der Waals surface area contributed by atoms with E-state index in [-0.39, 0.29) is 11.3 Å². The summed E-state index contributed by atoms with van der Waals surface area (Å²) in [6.45, 7) is 1.78. The van der Waals surface area contributed by atoms with Crippen molar-refractivity contribution < 1.29 is 23.8 Å². The maximum atomic E-state index is 13.2. The number of furan rings is 1. The van der Waals surface area contributed by atoms with Crippen LogP contribution in [0.3, 0.4) is 0 Å². The van der Waals surface area contributed by atoms with Gasteiger partial charge in [-0.25, -0.2) is 0 Å². The van der Waals surface area contributed by atoms with Gasteiger partial charge in [-0.05, 0) is 60.2 Å². The molecule has 0 spiro atoms. The summed E-state index contributed by atoms with van der Waals surface area (Å²) in [5, 5.41) is 13.2. The molecule has 1 aromatic heterocycles. The number of hydrogen-bond donors (Lipinski definition) is 1. The van der Waals surface area contributed by atoms with Crippen molar-refractivity contribution in [3.05, 3.63) is 102 Å². The van der Waals surface area contributed by atoms with E-state index < -0.39 is 17.7 Å². The van der Waals surface area contributed by atoms with E-state index >= 15 is 0 Å². The summed E-state index contributed by atoms with van der Waals surface area (Å²) in [4.78, 5) is 27.7. The molecule has 0 bridgehead atoms. The van der Waals surface area contributed by atoms with Crippen LogP contribution in [0.15, 0.2) is 88.9 Å². The monoisotopic (exact) mass is 439 g/mol. The molecule has 1 fully saturated rings. The molecule has 2 heterocycles. The highest BCUT2D eigenvalue weighted by molar-refractivity contribution is 6.51. The van der Waals surface area contributed by atoms with E-state index in [9.17, 15) is 14.7 Å². The Morgan fingerprint density at radius 2 is 1.67 bits per heavy atom. The minimum absolute atomic E-state index is 0.0135.